The van der Waals surface area contributed by atoms with Crippen LogP contribution in [0, 0.1) is 11.8 Å². The first-order valence-corrected chi connectivity index (χ1v) is 14.6. The molecule has 1 saturated heterocycles. The number of anilines is 1. The summed E-state index contributed by atoms with van der Waals surface area (Å²) in [5.41, 5.74) is 1.67. The number of carbonyl (C=O) groups is 2. The minimum absolute atomic E-state index is 0.177. The Kier molecular flexibility index (Phi) is 7.89. The number of hydrogen-bond donors (Lipinski definition) is 1. The van der Waals surface area contributed by atoms with Crippen LogP contribution in [0.3, 0.4) is 0 Å². The molecule has 2 unspecified atom stereocenters. The number of methoxy groups -OCH3 is 1. The highest BCUT2D eigenvalue weighted by atomic mass is 32.2. The summed E-state index contributed by atoms with van der Waals surface area (Å²) in [4.78, 5) is 29.2. The summed E-state index contributed by atoms with van der Waals surface area (Å²) in [7, 11) is -2.29. The van der Waals surface area contributed by atoms with E-state index in [1.807, 2.05) is 0 Å². The Labute approximate surface area is 217 Å². The van der Waals surface area contributed by atoms with Crippen molar-refractivity contribution in [3.05, 3.63) is 45.8 Å². The summed E-state index contributed by atoms with van der Waals surface area (Å²) < 4.78 is 32.9. The monoisotopic (exact) mass is 533 g/mol. The molecule has 1 aromatic carbocycles. The van der Waals surface area contributed by atoms with Gasteiger partial charge in [0, 0.05) is 42.7 Å². The number of benzene rings is 1. The molecule has 2 aliphatic heterocycles. The van der Waals surface area contributed by atoms with E-state index in [2.05, 4.69) is 37.9 Å². The molecule has 0 saturated carbocycles. The zero-order valence-electron chi connectivity index (χ0n) is 21.5. The maximum Gasteiger partial charge on any atom is 0.341 e. The summed E-state index contributed by atoms with van der Waals surface area (Å²) in [6.07, 6.45) is 1.73. The van der Waals surface area contributed by atoms with Gasteiger partial charge in [-0.25, -0.2) is 13.2 Å². The lowest BCUT2D eigenvalue weighted by Gasteiger charge is -2.34. The van der Waals surface area contributed by atoms with E-state index in [4.69, 9.17) is 4.74 Å². The Hall–Kier alpha value is -2.27. The number of carbonyl (C=O) groups excluding carboxylic acids is 2. The molecule has 8 nitrogen and oxygen atoms in total. The maximum absolute atomic E-state index is 13.2. The lowest BCUT2D eigenvalue weighted by atomic mass is 9.94. The molecule has 0 aliphatic carbocycles. The standard InChI is InChI=1S/C26H35N3O5S2/c1-16(2)28-11-10-21-22(15-28)35-25(23(21)26(31)34-5)27-24(30)19-6-8-20(9-7-19)36(32,33)29-13-17(3)12-18(4)14-29/h6-9,16-18H,10-15H2,1-5H3,(H,27,30). The van der Waals surface area contributed by atoms with Crippen molar-refractivity contribution in [2.75, 3.05) is 32.1 Å². The largest absolute Gasteiger partial charge is 0.465 e. The van der Waals surface area contributed by atoms with Gasteiger partial charge in [0.05, 0.1) is 17.6 Å². The van der Waals surface area contributed by atoms with Crippen LogP contribution in [0.25, 0.3) is 0 Å². The lowest BCUT2D eigenvalue weighted by Crippen LogP contribution is -2.42. The van der Waals surface area contributed by atoms with Crippen molar-refractivity contribution in [1.29, 1.82) is 0 Å². The van der Waals surface area contributed by atoms with Crippen molar-refractivity contribution < 1.29 is 22.7 Å². The number of rotatable bonds is 6. The minimum atomic E-state index is -3.63. The van der Waals surface area contributed by atoms with Gasteiger partial charge in [-0.3, -0.25) is 9.69 Å². The third kappa shape index (κ3) is 5.37. The molecule has 2 aromatic rings. The Morgan fingerprint density at radius 3 is 2.33 bits per heavy atom. The first-order valence-electron chi connectivity index (χ1n) is 12.4. The van der Waals surface area contributed by atoms with Crippen LogP contribution in [0.2, 0.25) is 0 Å². The van der Waals surface area contributed by atoms with E-state index in [0.29, 0.717) is 53.5 Å². The number of fused-ring (bicyclic) bond motifs is 1. The Morgan fingerprint density at radius 1 is 1.11 bits per heavy atom. The predicted octanol–water partition coefficient (Wildman–Crippen LogP) is 4.22. The number of thiophene rings is 1. The van der Waals surface area contributed by atoms with E-state index in [1.165, 1.54) is 42.7 Å². The minimum Gasteiger partial charge on any atom is -0.465 e. The van der Waals surface area contributed by atoms with Gasteiger partial charge in [-0.05, 0) is 68.4 Å². The molecule has 0 radical (unpaired) electrons. The van der Waals surface area contributed by atoms with Crippen LogP contribution in [0.1, 0.15) is 65.3 Å². The fourth-order valence-corrected chi connectivity index (χ4v) is 8.11. The van der Waals surface area contributed by atoms with Crippen LogP contribution in [-0.4, -0.2) is 62.3 Å². The normalized spacial score (nSPS) is 21.3. The molecule has 4 rings (SSSR count). The molecule has 10 heteroatoms. The van der Waals surface area contributed by atoms with E-state index in [1.54, 1.807) is 4.31 Å². The second-order valence-electron chi connectivity index (χ2n) is 10.3. The third-order valence-corrected chi connectivity index (χ3v) is 10.0. The van der Waals surface area contributed by atoms with Crippen molar-refractivity contribution in [1.82, 2.24) is 9.21 Å². The zero-order chi connectivity index (χ0) is 26.2. The highest BCUT2D eigenvalue weighted by molar-refractivity contribution is 7.89. The Balaban J connectivity index is 1.54. The quantitative estimate of drug-likeness (QED) is 0.559. The van der Waals surface area contributed by atoms with Crippen LogP contribution in [0.5, 0.6) is 0 Å². The van der Waals surface area contributed by atoms with Crippen LogP contribution >= 0.6 is 11.3 Å². The molecule has 1 aromatic heterocycles. The number of piperidine rings is 1. The molecule has 3 heterocycles. The lowest BCUT2D eigenvalue weighted by molar-refractivity contribution is 0.0600. The summed E-state index contributed by atoms with van der Waals surface area (Å²) >= 11 is 1.40. The number of nitrogens with one attached hydrogen (secondary N) is 1. The predicted molar refractivity (Wildman–Crippen MR) is 141 cm³/mol. The molecule has 2 atom stereocenters. The first-order chi connectivity index (χ1) is 17.0. The summed E-state index contributed by atoms with van der Waals surface area (Å²) in [6, 6.07) is 6.38. The molecule has 196 valence electrons. The highest BCUT2D eigenvalue weighted by Crippen LogP contribution is 2.38. The van der Waals surface area contributed by atoms with Gasteiger partial charge in [-0.1, -0.05) is 13.8 Å². The third-order valence-electron chi connectivity index (χ3n) is 7.02. The Morgan fingerprint density at radius 2 is 1.75 bits per heavy atom. The van der Waals surface area contributed by atoms with Crippen molar-refractivity contribution in [2.45, 2.75) is 58.0 Å². The summed E-state index contributed by atoms with van der Waals surface area (Å²) in [5.74, 6) is -0.250. The average Bonchev–Trinajstić information content (AvgIpc) is 3.19. The Bertz CT molecular complexity index is 1230. The molecule has 0 bridgehead atoms. The number of hydrogen-bond acceptors (Lipinski definition) is 7. The summed E-state index contributed by atoms with van der Waals surface area (Å²) in [5, 5.41) is 3.34. The zero-order valence-corrected chi connectivity index (χ0v) is 23.2. The van der Waals surface area contributed by atoms with E-state index in [9.17, 15) is 18.0 Å². The number of amides is 1. The average molecular weight is 534 g/mol. The molecule has 1 N–H and O–H groups in total. The van der Waals surface area contributed by atoms with Gasteiger partial charge in [0.25, 0.3) is 5.91 Å². The van der Waals surface area contributed by atoms with E-state index < -0.39 is 21.9 Å². The highest BCUT2D eigenvalue weighted by Gasteiger charge is 2.32. The van der Waals surface area contributed by atoms with Crippen molar-refractivity contribution in [3.63, 3.8) is 0 Å². The van der Waals surface area contributed by atoms with Gasteiger partial charge in [0.1, 0.15) is 5.00 Å². The SMILES string of the molecule is COC(=O)c1c(NC(=O)c2ccc(S(=O)(=O)N3CC(C)CC(C)C3)cc2)sc2c1CCN(C(C)C)C2. The van der Waals surface area contributed by atoms with E-state index >= 15 is 0 Å². The van der Waals surface area contributed by atoms with Gasteiger partial charge in [0.15, 0.2) is 0 Å². The van der Waals surface area contributed by atoms with E-state index in [-0.39, 0.29) is 4.90 Å². The molecule has 2 aliphatic rings. The van der Waals surface area contributed by atoms with Crippen molar-refractivity contribution in [3.8, 4) is 0 Å². The van der Waals surface area contributed by atoms with Gasteiger partial charge in [-0.2, -0.15) is 4.31 Å². The smallest absolute Gasteiger partial charge is 0.341 e. The number of nitrogens with zero attached hydrogens (tertiary/aromatic N) is 2. The molecule has 36 heavy (non-hydrogen) atoms. The molecule has 1 fully saturated rings. The second kappa shape index (κ2) is 10.6. The molecular formula is C26H35N3O5S2. The molecule has 1 amide bonds. The molecule has 0 spiro atoms. The van der Waals surface area contributed by atoms with Crippen LogP contribution in [-0.2, 0) is 27.7 Å². The van der Waals surface area contributed by atoms with Crippen molar-refractivity contribution >= 4 is 38.2 Å². The van der Waals surface area contributed by atoms with Crippen molar-refractivity contribution in [2.24, 2.45) is 11.8 Å². The number of ether oxygens (including phenoxy) is 1. The number of esters is 1. The second-order valence-corrected chi connectivity index (χ2v) is 13.3. The first kappa shape index (κ1) is 26.8. The van der Waals surface area contributed by atoms with Crippen LogP contribution < -0.4 is 5.32 Å². The van der Waals surface area contributed by atoms with Crippen LogP contribution in [0.4, 0.5) is 5.00 Å². The van der Waals surface area contributed by atoms with E-state index in [0.717, 1.165) is 30.0 Å². The fourth-order valence-electron chi connectivity index (χ4n) is 5.17. The maximum atomic E-state index is 13.2. The van der Waals surface area contributed by atoms with Gasteiger partial charge in [0.2, 0.25) is 10.0 Å². The molecular weight excluding hydrogens is 498 g/mol. The van der Waals surface area contributed by atoms with Gasteiger partial charge >= 0.3 is 5.97 Å². The van der Waals surface area contributed by atoms with Gasteiger partial charge < -0.3 is 10.1 Å². The van der Waals surface area contributed by atoms with Gasteiger partial charge in [-0.15, -0.1) is 11.3 Å². The summed E-state index contributed by atoms with van der Waals surface area (Å²) in [6.45, 7) is 11.0. The van der Waals surface area contributed by atoms with Crippen LogP contribution in [0.15, 0.2) is 29.2 Å². The topological polar surface area (TPSA) is 96.0 Å². The fraction of sp³-hybridized carbons (Fsp3) is 0.538. The number of sulfonamides is 1.